The lowest BCUT2D eigenvalue weighted by Crippen LogP contribution is -2.64. The number of nitrogens with one attached hydrogen (secondary N) is 2. The molecule has 3 N–H and O–H groups in total. The monoisotopic (exact) mass is 256 g/mol. The Kier molecular flexibility index (Phi) is 3.23. The van der Waals surface area contributed by atoms with Gasteiger partial charge in [0, 0.05) is 6.61 Å². The zero-order chi connectivity index (χ0) is 13.4. The van der Waals surface area contributed by atoms with E-state index in [4.69, 9.17) is 9.84 Å². The number of hydrogen-bond acceptors (Lipinski definition) is 3. The van der Waals surface area contributed by atoms with Crippen LogP contribution in [-0.2, 0) is 9.53 Å². The third-order valence-corrected chi connectivity index (χ3v) is 4.25. The molecule has 2 fully saturated rings. The van der Waals surface area contributed by atoms with E-state index in [9.17, 15) is 9.59 Å². The van der Waals surface area contributed by atoms with Crippen LogP contribution in [0.5, 0.6) is 0 Å². The first kappa shape index (κ1) is 13.1. The summed E-state index contributed by atoms with van der Waals surface area (Å²) in [6, 6.07) is -0.419. The normalized spacial score (nSPS) is 33.6. The molecule has 6 heteroatoms. The van der Waals surface area contributed by atoms with Crippen molar-refractivity contribution in [1.82, 2.24) is 10.6 Å². The zero-order valence-corrected chi connectivity index (χ0v) is 10.8. The molecule has 2 unspecified atom stereocenters. The predicted molar refractivity (Wildman–Crippen MR) is 64.3 cm³/mol. The smallest absolute Gasteiger partial charge is 0.329 e. The lowest BCUT2D eigenvalue weighted by Gasteiger charge is -2.39. The summed E-state index contributed by atoms with van der Waals surface area (Å²) in [6.45, 7) is 4.43. The van der Waals surface area contributed by atoms with Crippen molar-refractivity contribution in [2.75, 3.05) is 6.61 Å². The maximum atomic E-state index is 11.9. The molecule has 18 heavy (non-hydrogen) atoms. The predicted octanol–water partition coefficient (Wildman–Crippen LogP) is 0.860. The van der Waals surface area contributed by atoms with Gasteiger partial charge in [-0.25, -0.2) is 9.59 Å². The van der Waals surface area contributed by atoms with Gasteiger partial charge in [0.15, 0.2) is 0 Å². The van der Waals surface area contributed by atoms with E-state index in [1.165, 1.54) is 0 Å². The Balaban J connectivity index is 1.95. The second-order valence-electron chi connectivity index (χ2n) is 5.50. The lowest BCUT2D eigenvalue weighted by atomic mass is 9.77. The molecule has 1 heterocycles. The number of carboxylic acid groups (broad SMARTS) is 1. The average Bonchev–Trinajstić information content (AvgIpc) is 2.52. The van der Waals surface area contributed by atoms with Crippen LogP contribution in [0.1, 0.15) is 39.5 Å². The molecule has 1 aliphatic carbocycles. The van der Waals surface area contributed by atoms with E-state index >= 15 is 0 Å². The molecule has 1 saturated heterocycles. The van der Waals surface area contributed by atoms with Crippen molar-refractivity contribution in [2.45, 2.75) is 56.7 Å². The van der Waals surface area contributed by atoms with E-state index in [1.807, 2.05) is 13.8 Å². The summed E-state index contributed by atoms with van der Waals surface area (Å²) in [6.07, 6.45) is 2.51. The van der Waals surface area contributed by atoms with Gasteiger partial charge < -0.3 is 20.5 Å². The lowest BCUT2D eigenvalue weighted by molar-refractivity contribution is -0.148. The Labute approximate surface area is 106 Å². The van der Waals surface area contributed by atoms with Gasteiger partial charge in [0.25, 0.3) is 0 Å². The van der Waals surface area contributed by atoms with Crippen molar-refractivity contribution < 1.29 is 19.4 Å². The van der Waals surface area contributed by atoms with Crippen LogP contribution in [0.2, 0.25) is 0 Å². The highest BCUT2D eigenvalue weighted by Gasteiger charge is 2.47. The van der Waals surface area contributed by atoms with E-state index < -0.39 is 23.1 Å². The summed E-state index contributed by atoms with van der Waals surface area (Å²) in [4.78, 5) is 23.1. The van der Waals surface area contributed by atoms with Crippen molar-refractivity contribution >= 4 is 12.0 Å². The Morgan fingerprint density at radius 3 is 2.33 bits per heavy atom. The summed E-state index contributed by atoms with van der Waals surface area (Å²) in [7, 11) is 0. The number of carboxylic acids is 1. The number of hydrogen-bond donors (Lipinski definition) is 3. The number of ether oxygens (including phenoxy) is 1. The molecule has 2 amide bonds. The molecule has 1 aliphatic heterocycles. The van der Waals surface area contributed by atoms with E-state index in [0.717, 1.165) is 12.8 Å². The second-order valence-corrected chi connectivity index (χ2v) is 5.50. The summed E-state index contributed by atoms with van der Waals surface area (Å²) in [5.74, 6) is -0.954. The van der Waals surface area contributed by atoms with E-state index in [2.05, 4.69) is 10.6 Å². The van der Waals surface area contributed by atoms with Gasteiger partial charge in [0.2, 0.25) is 0 Å². The van der Waals surface area contributed by atoms with Gasteiger partial charge in [0.05, 0.1) is 11.6 Å². The van der Waals surface area contributed by atoms with Gasteiger partial charge in [-0.2, -0.15) is 0 Å². The van der Waals surface area contributed by atoms with Gasteiger partial charge in [-0.1, -0.05) is 0 Å². The molecule has 0 radical (unpaired) electrons. The SMILES string of the molecule is CC1OCCC1(C)NC(=O)NC1(C(=O)O)CCC1. The molecule has 6 nitrogen and oxygen atoms in total. The molecule has 1 saturated carbocycles. The van der Waals surface area contributed by atoms with E-state index in [-0.39, 0.29) is 6.10 Å². The second kappa shape index (κ2) is 4.42. The van der Waals surface area contributed by atoms with Crippen molar-refractivity contribution in [1.29, 1.82) is 0 Å². The highest BCUT2D eigenvalue weighted by molar-refractivity contribution is 5.87. The maximum Gasteiger partial charge on any atom is 0.329 e. The van der Waals surface area contributed by atoms with Crippen LogP contribution in [0.25, 0.3) is 0 Å². The Morgan fingerprint density at radius 2 is 1.94 bits per heavy atom. The van der Waals surface area contributed by atoms with E-state index in [0.29, 0.717) is 19.4 Å². The van der Waals surface area contributed by atoms with Gasteiger partial charge in [-0.3, -0.25) is 0 Å². The van der Waals surface area contributed by atoms with Crippen molar-refractivity contribution in [2.24, 2.45) is 0 Å². The first-order valence-corrected chi connectivity index (χ1v) is 6.33. The molecule has 0 spiro atoms. The Hall–Kier alpha value is -1.30. The van der Waals surface area contributed by atoms with Crippen LogP contribution in [-0.4, -0.2) is 40.9 Å². The molecule has 0 aromatic carbocycles. The standard InChI is InChI=1S/C12H20N2O4/c1-8-11(2,6-7-18-8)13-10(17)14-12(9(15)16)4-3-5-12/h8H,3-7H2,1-2H3,(H,15,16)(H2,13,14,17). The molecular formula is C12H20N2O4. The fraction of sp³-hybridized carbons (Fsp3) is 0.833. The quantitative estimate of drug-likeness (QED) is 0.699. The van der Waals surface area contributed by atoms with Crippen LogP contribution >= 0.6 is 0 Å². The summed E-state index contributed by atoms with van der Waals surface area (Å²) in [5.41, 5.74) is -1.49. The Bertz CT molecular complexity index is 367. The molecular weight excluding hydrogens is 236 g/mol. The number of carbonyl (C=O) groups excluding carboxylic acids is 1. The first-order chi connectivity index (χ1) is 8.38. The Morgan fingerprint density at radius 1 is 1.28 bits per heavy atom. The molecule has 2 atom stereocenters. The van der Waals surface area contributed by atoms with Gasteiger partial charge in [0.1, 0.15) is 5.54 Å². The first-order valence-electron chi connectivity index (χ1n) is 6.33. The largest absolute Gasteiger partial charge is 0.480 e. The summed E-state index contributed by atoms with van der Waals surface area (Å²) in [5, 5.41) is 14.6. The van der Waals surface area contributed by atoms with Crippen LogP contribution in [0.15, 0.2) is 0 Å². The van der Waals surface area contributed by atoms with Crippen molar-refractivity contribution in [3.8, 4) is 0 Å². The highest BCUT2D eigenvalue weighted by atomic mass is 16.5. The molecule has 0 aromatic rings. The van der Waals surface area contributed by atoms with Crippen LogP contribution in [0.3, 0.4) is 0 Å². The molecule has 0 bridgehead atoms. The van der Waals surface area contributed by atoms with Crippen LogP contribution < -0.4 is 10.6 Å². The van der Waals surface area contributed by atoms with Crippen molar-refractivity contribution in [3.63, 3.8) is 0 Å². The number of amides is 2. The minimum absolute atomic E-state index is 0.0644. The average molecular weight is 256 g/mol. The van der Waals surface area contributed by atoms with Gasteiger partial charge >= 0.3 is 12.0 Å². The maximum absolute atomic E-state index is 11.9. The number of carbonyl (C=O) groups is 2. The third kappa shape index (κ3) is 2.16. The number of urea groups is 1. The third-order valence-electron chi connectivity index (χ3n) is 4.25. The molecule has 102 valence electrons. The van der Waals surface area contributed by atoms with Gasteiger partial charge in [-0.05, 0) is 39.5 Å². The zero-order valence-electron chi connectivity index (χ0n) is 10.8. The molecule has 2 rings (SSSR count). The van der Waals surface area contributed by atoms with Gasteiger partial charge in [-0.15, -0.1) is 0 Å². The minimum Gasteiger partial charge on any atom is -0.480 e. The van der Waals surface area contributed by atoms with Crippen LogP contribution in [0, 0.1) is 0 Å². The van der Waals surface area contributed by atoms with E-state index in [1.54, 1.807) is 0 Å². The summed E-state index contributed by atoms with van der Waals surface area (Å²) >= 11 is 0. The summed E-state index contributed by atoms with van der Waals surface area (Å²) < 4.78 is 5.43. The molecule has 2 aliphatic rings. The highest BCUT2D eigenvalue weighted by Crippen LogP contribution is 2.32. The minimum atomic E-state index is -1.07. The number of rotatable bonds is 3. The van der Waals surface area contributed by atoms with Crippen LogP contribution in [0.4, 0.5) is 4.79 Å². The fourth-order valence-corrected chi connectivity index (χ4v) is 2.43. The number of aliphatic carboxylic acids is 1. The fourth-order valence-electron chi connectivity index (χ4n) is 2.43. The topological polar surface area (TPSA) is 87.7 Å². The molecule has 0 aromatic heterocycles. The van der Waals surface area contributed by atoms with Crippen molar-refractivity contribution in [3.05, 3.63) is 0 Å².